The van der Waals surface area contributed by atoms with E-state index < -0.39 is 37.1 Å². The van der Waals surface area contributed by atoms with Gasteiger partial charge >= 0.3 is 0 Å². The number of oxazole rings is 1. The van der Waals surface area contributed by atoms with E-state index in [1.807, 2.05) is 42.5 Å². The summed E-state index contributed by atoms with van der Waals surface area (Å²) in [5.74, 6) is 1.88. The van der Waals surface area contributed by atoms with Gasteiger partial charge in [0.15, 0.2) is 24.4 Å². The number of hydrogen-bond donors (Lipinski definition) is 4. The van der Waals surface area contributed by atoms with Gasteiger partial charge in [-0.1, -0.05) is 36.4 Å². The molecule has 518 valence electrons. The first-order valence-electron chi connectivity index (χ1n) is 33.4. The van der Waals surface area contributed by atoms with Crippen molar-refractivity contribution in [3.05, 3.63) is 162 Å². The second-order valence-corrected chi connectivity index (χ2v) is 25.7. The molecular formula is C74H72F2N14O11. The molecule has 6 aliphatic rings. The Hall–Kier alpha value is -11.5. The number of aromatic nitrogens is 6. The number of aliphatic hydroxyl groups excluding tert-OH is 1. The molecule has 6 fully saturated rings. The SMILES string of the molecule is CC1CC1C(=O)Nc1cccc(-c2ccc(O[C@H]3CCN(C(=O)CO)C[C@H]3F)c(C#N)c2)c1.Cn1cc(C(=O)N2CC[C@H](Oc3ccc(-c4cc(NC(=O)C5CC5)ccn4)cc3C#N)[C@H](F)C2)nn1.N#Cc1cc(-c2ccnc(NC(=O)[C@@H]3C[C@H]3c3cnco3)c2)ccc1OC1CCOCC1. The molecular weight excluding hydrogens is 1300 g/mol. The fourth-order valence-corrected chi connectivity index (χ4v) is 12.2. The van der Waals surface area contributed by atoms with Crippen LogP contribution in [0.1, 0.15) is 97.1 Å². The van der Waals surface area contributed by atoms with Crippen LogP contribution in [0.3, 0.4) is 0 Å². The van der Waals surface area contributed by atoms with Crippen molar-refractivity contribution in [1.29, 1.82) is 15.8 Å². The molecule has 14 rings (SSSR count). The molecule has 3 aliphatic heterocycles. The maximum absolute atomic E-state index is 15.0. The highest BCUT2D eigenvalue weighted by Crippen LogP contribution is 2.48. The van der Waals surface area contributed by atoms with Crippen LogP contribution >= 0.6 is 0 Å². The van der Waals surface area contributed by atoms with E-state index in [0.29, 0.717) is 65.4 Å². The second-order valence-electron chi connectivity index (χ2n) is 25.7. The number of halogens is 2. The largest absolute Gasteiger partial charge is 0.489 e. The van der Waals surface area contributed by atoms with Crippen molar-refractivity contribution in [1.82, 2.24) is 39.7 Å². The molecule has 4 aromatic heterocycles. The van der Waals surface area contributed by atoms with Crippen molar-refractivity contribution in [2.75, 3.05) is 62.0 Å². The molecule has 8 atom stereocenters. The van der Waals surface area contributed by atoms with Crippen LogP contribution in [-0.4, -0.2) is 151 Å². The number of piperidine rings is 2. The monoisotopic (exact) mass is 1370 g/mol. The van der Waals surface area contributed by atoms with Crippen LogP contribution in [0.4, 0.5) is 26.0 Å². The molecule has 0 spiro atoms. The number of hydrogen-bond acceptors (Lipinski definition) is 19. The molecule has 3 saturated heterocycles. The lowest BCUT2D eigenvalue weighted by Gasteiger charge is -2.34. The molecule has 4 N–H and O–H groups in total. The van der Waals surface area contributed by atoms with Gasteiger partial charge in [-0.25, -0.2) is 18.7 Å². The molecule has 4 aromatic carbocycles. The van der Waals surface area contributed by atoms with Gasteiger partial charge in [-0.3, -0.25) is 33.6 Å². The molecule has 101 heavy (non-hydrogen) atoms. The lowest BCUT2D eigenvalue weighted by atomic mass is 10.0. The molecule has 2 unspecified atom stereocenters. The van der Waals surface area contributed by atoms with Gasteiger partial charge in [0.25, 0.3) is 5.91 Å². The summed E-state index contributed by atoms with van der Waals surface area (Å²) in [6.45, 7) is 3.05. The summed E-state index contributed by atoms with van der Waals surface area (Å²) in [5.41, 5.74) is 7.06. The number of benzene rings is 4. The minimum atomic E-state index is -1.43. The minimum absolute atomic E-state index is 0.00108. The first kappa shape index (κ1) is 69.4. The number of ether oxygens (including phenoxy) is 4. The second kappa shape index (κ2) is 31.6. The van der Waals surface area contributed by atoms with E-state index in [0.717, 1.165) is 66.5 Å². The number of anilines is 3. The van der Waals surface area contributed by atoms with Crippen LogP contribution in [0.25, 0.3) is 33.5 Å². The van der Waals surface area contributed by atoms with Crippen LogP contribution in [-0.2, 0) is 31.0 Å². The summed E-state index contributed by atoms with van der Waals surface area (Å²) in [5, 5.41) is 54.2. The van der Waals surface area contributed by atoms with E-state index in [1.165, 1.54) is 27.1 Å². The van der Waals surface area contributed by atoms with E-state index in [1.54, 1.807) is 86.3 Å². The average Bonchev–Trinajstić information content (AvgIpc) is 1.66. The lowest BCUT2D eigenvalue weighted by molar-refractivity contribution is -0.138. The Bertz CT molecular complexity index is 4490. The number of nitrogens with zero attached hydrogens (tertiary/aromatic N) is 11. The van der Waals surface area contributed by atoms with Gasteiger partial charge in [-0.15, -0.1) is 5.10 Å². The van der Waals surface area contributed by atoms with Gasteiger partial charge in [0, 0.05) is 98.8 Å². The number of pyridine rings is 2. The van der Waals surface area contributed by atoms with Gasteiger partial charge in [0.05, 0.1) is 61.1 Å². The Balaban J connectivity index is 0.000000144. The molecule has 27 heteroatoms. The van der Waals surface area contributed by atoms with Crippen LogP contribution in [0.2, 0.25) is 0 Å². The Morgan fingerprint density at radius 2 is 1.23 bits per heavy atom. The number of nitriles is 3. The zero-order chi connectivity index (χ0) is 70.7. The summed E-state index contributed by atoms with van der Waals surface area (Å²) in [7, 11) is 1.65. The summed E-state index contributed by atoms with van der Waals surface area (Å²) in [6, 6.07) is 36.6. The summed E-state index contributed by atoms with van der Waals surface area (Å²) in [6.07, 6.45) is 9.02. The van der Waals surface area contributed by atoms with Crippen molar-refractivity contribution in [2.45, 2.75) is 94.9 Å². The number of rotatable bonds is 18. The summed E-state index contributed by atoms with van der Waals surface area (Å²) < 4.78 is 59.3. The first-order chi connectivity index (χ1) is 49.0. The number of alkyl halides is 2. The number of amides is 5. The number of aryl methyl sites for hydroxylation is 1. The van der Waals surface area contributed by atoms with E-state index in [9.17, 15) is 48.5 Å². The van der Waals surface area contributed by atoms with E-state index in [4.69, 9.17) is 28.5 Å². The van der Waals surface area contributed by atoms with Crippen molar-refractivity contribution < 1.29 is 61.2 Å². The quantitative estimate of drug-likeness (QED) is 0.0620. The highest BCUT2D eigenvalue weighted by Gasteiger charge is 2.46. The topological polar surface area (TPSA) is 339 Å². The Labute approximate surface area is 580 Å². The highest BCUT2D eigenvalue weighted by atomic mass is 19.1. The average molecular weight is 1370 g/mol. The minimum Gasteiger partial charge on any atom is -0.489 e. The molecule has 3 saturated carbocycles. The van der Waals surface area contributed by atoms with Gasteiger partial charge < -0.3 is 54.2 Å². The zero-order valence-electron chi connectivity index (χ0n) is 55.3. The van der Waals surface area contributed by atoms with Crippen LogP contribution in [0, 0.1) is 57.7 Å². The highest BCUT2D eigenvalue weighted by molar-refractivity contribution is 5.96. The lowest BCUT2D eigenvalue weighted by Crippen LogP contribution is -2.50. The smallest absolute Gasteiger partial charge is 0.276 e. The third-order valence-corrected chi connectivity index (χ3v) is 18.3. The fraction of sp³-hybridized carbons (Fsp3) is 0.365. The van der Waals surface area contributed by atoms with E-state index in [-0.39, 0.29) is 114 Å². The number of nitrogens with one attached hydrogen (secondary N) is 3. The first-order valence-corrected chi connectivity index (χ1v) is 33.4. The predicted molar refractivity (Wildman–Crippen MR) is 362 cm³/mol. The zero-order valence-corrected chi connectivity index (χ0v) is 55.3. The molecule has 0 bridgehead atoms. The van der Waals surface area contributed by atoms with Gasteiger partial charge in [-0.05, 0) is 133 Å². The Morgan fingerprint density at radius 1 is 0.644 bits per heavy atom. The molecule has 5 amide bonds. The van der Waals surface area contributed by atoms with Crippen LogP contribution in [0.5, 0.6) is 17.2 Å². The standard InChI is InChI=1S/C25H24FN7O3.C25H26FN3O4.C24H22N4O4/c1-32-14-21(30-31-32)25(35)33-9-7-23(19(26)13-33)36-22-5-4-16(10-17(22)12-27)20-11-18(6-8-28-20)29-24(34)15-2-3-15;1-15-9-20(15)25(32)28-19-4-2-3-16(11-19)17-5-6-22(18(10-17)12-27)33-23-7-8-29(13-21(23)26)24(31)14-30;25-12-17-9-15(1-2-21(17)32-18-4-7-30-8-5-18)16-3-6-27-23(10-16)28-24(29)20-11-19(20)22-13-26-14-31-22/h4-6,8,10-11,14-15,19,23H,2-3,7,9,13H2,1H3,(H,28,29,34);2-6,10-11,15,20-21,23,30H,7-9,13-14H2,1H3,(H,28,32);1-3,6,9-10,13-14,18-20H,4-5,7-8,11H2,(H,27,28,29)/t19-,23+;15?,20?,21-,23+;19-,20-/m111/s1. The van der Waals surface area contributed by atoms with Crippen molar-refractivity contribution in [2.24, 2.45) is 30.7 Å². The molecule has 8 aromatic rings. The number of carbonyl (C=O) groups is 5. The molecule has 7 heterocycles. The van der Waals surface area contributed by atoms with Gasteiger partial charge in [-0.2, -0.15) is 15.8 Å². The number of aliphatic hydroxyl groups is 1. The van der Waals surface area contributed by atoms with E-state index in [2.05, 4.69) is 66.3 Å². The Morgan fingerprint density at radius 3 is 1.83 bits per heavy atom. The number of carbonyl (C=O) groups excluding carboxylic acids is 5. The molecule has 25 nitrogen and oxygen atoms in total. The third-order valence-electron chi connectivity index (χ3n) is 18.3. The summed E-state index contributed by atoms with van der Waals surface area (Å²) in [4.78, 5) is 76.2. The summed E-state index contributed by atoms with van der Waals surface area (Å²) >= 11 is 0. The van der Waals surface area contributed by atoms with Crippen LogP contribution < -0.4 is 30.2 Å². The molecule has 0 radical (unpaired) electrons. The van der Waals surface area contributed by atoms with Crippen molar-refractivity contribution >= 4 is 46.7 Å². The maximum Gasteiger partial charge on any atom is 0.276 e. The van der Waals surface area contributed by atoms with Gasteiger partial charge in [0.2, 0.25) is 23.6 Å². The van der Waals surface area contributed by atoms with Crippen molar-refractivity contribution in [3.63, 3.8) is 0 Å². The normalized spacial score (nSPS) is 21.2. The van der Waals surface area contributed by atoms with E-state index >= 15 is 0 Å². The number of likely N-dealkylation sites (tertiary alicyclic amines) is 2. The molecule has 3 aliphatic carbocycles. The Kier molecular flexibility index (Phi) is 21.7. The fourth-order valence-electron chi connectivity index (χ4n) is 12.2. The third kappa shape index (κ3) is 17.5. The maximum atomic E-state index is 15.0. The van der Waals surface area contributed by atoms with Gasteiger partial charge in [0.1, 0.15) is 72.0 Å². The van der Waals surface area contributed by atoms with Crippen molar-refractivity contribution in [3.8, 4) is 69.0 Å². The van der Waals surface area contributed by atoms with Crippen LogP contribution in [0.15, 0.2) is 139 Å². The predicted octanol–water partition coefficient (Wildman–Crippen LogP) is 9.77.